The van der Waals surface area contributed by atoms with E-state index in [4.69, 9.17) is 9.84 Å². The Balaban J connectivity index is 2.06. The summed E-state index contributed by atoms with van der Waals surface area (Å²) in [7, 11) is 0. The van der Waals surface area contributed by atoms with Crippen molar-refractivity contribution in [1.82, 2.24) is 0 Å². The van der Waals surface area contributed by atoms with Gasteiger partial charge in [-0.2, -0.15) is 5.90 Å². The average Bonchev–Trinajstić information content (AvgIpc) is 2.29. The van der Waals surface area contributed by atoms with Crippen LogP contribution < -0.4 is 5.90 Å². The molecule has 0 amide bonds. The highest BCUT2D eigenvalue weighted by molar-refractivity contribution is 5.70. The Kier molecular flexibility index (Phi) is 5.60. The van der Waals surface area contributed by atoms with Crippen molar-refractivity contribution in [1.29, 1.82) is 0 Å². The van der Waals surface area contributed by atoms with Crippen molar-refractivity contribution in [3.63, 3.8) is 0 Å². The van der Waals surface area contributed by atoms with Crippen LogP contribution in [0.4, 0.5) is 0 Å². The zero-order chi connectivity index (χ0) is 11.1. The summed E-state index contributed by atoms with van der Waals surface area (Å²) >= 11 is 0. The summed E-state index contributed by atoms with van der Waals surface area (Å²) < 4.78 is 5.18. The number of carbonyl (C=O) groups excluding carboxylic acids is 1. The van der Waals surface area contributed by atoms with Crippen molar-refractivity contribution in [3.8, 4) is 0 Å². The molecule has 3 N–H and O–H groups in total. The van der Waals surface area contributed by atoms with Crippen molar-refractivity contribution in [2.24, 2.45) is 17.7 Å². The summed E-state index contributed by atoms with van der Waals surface area (Å²) in [6, 6.07) is 0. The van der Waals surface area contributed by atoms with Gasteiger partial charge in [0, 0.05) is 6.61 Å². The first-order valence-electron chi connectivity index (χ1n) is 5.34. The summed E-state index contributed by atoms with van der Waals surface area (Å²) in [5.74, 6) is 5.08. The normalized spacial score (nSPS) is 26.3. The van der Waals surface area contributed by atoms with Crippen LogP contribution in [0.2, 0.25) is 0 Å². The molecule has 88 valence electrons. The molecular formula is C10H19NO4. The van der Waals surface area contributed by atoms with Gasteiger partial charge in [0.15, 0.2) is 0 Å². The molecule has 0 radical (unpaired) electrons. The molecule has 1 rings (SSSR count). The fourth-order valence-corrected chi connectivity index (χ4v) is 1.92. The predicted octanol–water partition coefficient (Wildman–Crippen LogP) is 0.219. The Morgan fingerprint density at radius 1 is 1.27 bits per heavy atom. The summed E-state index contributed by atoms with van der Waals surface area (Å²) in [5, 5.41) is 8.95. The van der Waals surface area contributed by atoms with E-state index in [1.807, 2.05) is 0 Å². The molecule has 1 fully saturated rings. The summed E-state index contributed by atoms with van der Waals surface area (Å²) in [5.41, 5.74) is 0. The number of nitrogens with two attached hydrogens (primary N) is 1. The zero-order valence-corrected chi connectivity index (χ0v) is 8.85. The predicted molar refractivity (Wildman–Crippen MR) is 53.6 cm³/mol. The second kappa shape index (κ2) is 6.76. The quantitative estimate of drug-likeness (QED) is 0.644. The molecular weight excluding hydrogens is 198 g/mol. The maximum absolute atomic E-state index is 10.6. The molecule has 15 heavy (non-hydrogen) atoms. The van der Waals surface area contributed by atoms with Gasteiger partial charge in [0.1, 0.15) is 6.61 Å². The topological polar surface area (TPSA) is 81.8 Å². The van der Waals surface area contributed by atoms with E-state index in [1.54, 1.807) is 0 Å². The fourth-order valence-electron chi connectivity index (χ4n) is 1.92. The van der Waals surface area contributed by atoms with Gasteiger partial charge in [-0.3, -0.25) is 0 Å². The van der Waals surface area contributed by atoms with Crippen molar-refractivity contribution in [3.05, 3.63) is 0 Å². The molecule has 0 bridgehead atoms. The molecule has 0 spiro atoms. The first-order valence-corrected chi connectivity index (χ1v) is 5.34. The first kappa shape index (κ1) is 12.4. The Bertz CT molecular complexity index is 190. The number of carbonyl (C=O) groups is 1. The van der Waals surface area contributed by atoms with Gasteiger partial charge in [0.25, 0.3) is 0 Å². The van der Waals surface area contributed by atoms with Gasteiger partial charge in [-0.1, -0.05) is 0 Å². The minimum Gasteiger partial charge on any atom is -0.396 e. The Morgan fingerprint density at radius 2 is 1.87 bits per heavy atom. The first-order chi connectivity index (χ1) is 7.26. The number of hydrogen-bond acceptors (Lipinski definition) is 5. The summed E-state index contributed by atoms with van der Waals surface area (Å²) in [4.78, 5) is 14.6. The molecule has 0 saturated heterocycles. The highest BCUT2D eigenvalue weighted by Gasteiger charge is 2.20. The Morgan fingerprint density at radius 3 is 2.40 bits per heavy atom. The Labute approximate surface area is 89.5 Å². The fraction of sp³-hybridized carbons (Fsp3) is 0.900. The lowest BCUT2D eigenvalue weighted by atomic mass is 9.83. The van der Waals surface area contributed by atoms with Crippen LogP contribution in [-0.4, -0.2) is 30.9 Å². The third-order valence-electron chi connectivity index (χ3n) is 2.93. The highest BCUT2D eigenvalue weighted by atomic mass is 16.7. The monoisotopic (exact) mass is 217 g/mol. The number of aliphatic hydroxyl groups is 1. The van der Waals surface area contributed by atoms with Crippen molar-refractivity contribution in [2.45, 2.75) is 25.7 Å². The van der Waals surface area contributed by atoms with Crippen LogP contribution in [0, 0.1) is 11.8 Å². The van der Waals surface area contributed by atoms with Crippen molar-refractivity contribution in [2.75, 3.05) is 19.8 Å². The van der Waals surface area contributed by atoms with Crippen LogP contribution in [0.15, 0.2) is 0 Å². The lowest BCUT2D eigenvalue weighted by Crippen LogP contribution is -2.23. The minimum atomic E-state index is -0.543. The number of aliphatic hydroxyl groups excluding tert-OH is 1. The average molecular weight is 217 g/mol. The standard InChI is InChI=1S/C10H19NO4/c11-15-10(13)7-14-6-9-3-1-8(5-12)2-4-9/h8-9,12H,1-7,11H2. The molecule has 0 aromatic heterocycles. The van der Waals surface area contributed by atoms with Crippen molar-refractivity contribution < 1.29 is 19.5 Å². The van der Waals surface area contributed by atoms with Crippen LogP contribution >= 0.6 is 0 Å². The molecule has 5 nitrogen and oxygen atoms in total. The second-order valence-electron chi connectivity index (χ2n) is 4.07. The molecule has 0 aliphatic heterocycles. The van der Waals surface area contributed by atoms with Gasteiger partial charge in [-0.05, 0) is 37.5 Å². The maximum atomic E-state index is 10.6. The molecule has 1 aliphatic rings. The lowest BCUT2D eigenvalue weighted by molar-refractivity contribution is -0.150. The van der Waals surface area contributed by atoms with Gasteiger partial charge in [-0.15, -0.1) is 0 Å². The molecule has 0 aromatic rings. The third kappa shape index (κ3) is 4.59. The third-order valence-corrected chi connectivity index (χ3v) is 2.93. The van der Waals surface area contributed by atoms with E-state index in [2.05, 4.69) is 10.7 Å². The van der Waals surface area contributed by atoms with E-state index in [-0.39, 0.29) is 13.2 Å². The van der Waals surface area contributed by atoms with E-state index in [0.717, 1.165) is 25.7 Å². The highest BCUT2D eigenvalue weighted by Crippen LogP contribution is 2.28. The Hall–Kier alpha value is -0.650. The van der Waals surface area contributed by atoms with E-state index < -0.39 is 5.97 Å². The molecule has 5 heteroatoms. The molecule has 1 saturated carbocycles. The number of rotatable bonds is 5. The van der Waals surface area contributed by atoms with Crippen LogP contribution in [0.1, 0.15) is 25.7 Å². The van der Waals surface area contributed by atoms with Gasteiger partial charge in [0.2, 0.25) is 0 Å². The maximum Gasteiger partial charge on any atom is 0.350 e. The zero-order valence-electron chi connectivity index (χ0n) is 8.85. The van der Waals surface area contributed by atoms with Gasteiger partial charge >= 0.3 is 5.97 Å². The lowest BCUT2D eigenvalue weighted by Gasteiger charge is -2.26. The number of hydrogen-bond donors (Lipinski definition) is 2. The van der Waals surface area contributed by atoms with E-state index >= 15 is 0 Å². The molecule has 0 unspecified atom stereocenters. The molecule has 1 aliphatic carbocycles. The summed E-state index contributed by atoms with van der Waals surface area (Å²) in [6.07, 6.45) is 4.21. The van der Waals surface area contributed by atoms with Crippen LogP contribution in [-0.2, 0) is 14.4 Å². The molecule has 0 aromatic carbocycles. The van der Waals surface area contributed by atoms with Gasteiger partial charge < -0.3 is 14.7 Å². The van der Waals surface area contributed by atoms with E-state index in [9.17, 15) is 4.79 Å². The molecule has 0 atom stereocenters. The second-order valence-corrected chi connectivity index (χ2v) is 4.07. The smallest absolute Gasteiger partial charge is 0.350 e. The van der Waals surface area contributed by atoms with Crippen LogP contribution in [0.5, 0.6) is 0 Å². The molecule has 0 heterocycles. The van der Waals surface area contributed by atoms with Gasteiger partial charge in [-0.25, -0.2) is 4.79 Å². The van der Waals surface area contributed by atoms with Crippen molar-refractivity contribution >= 4 is 5.97 Å². The summed E-state index contributed by atoms with van der Waals surface area (Å²) in [6.45, 7) is 0.788. The van der Waals surface area contributed by atoms with Crippen LogP contribution in [0.25, 0.3) is 0 Å². The van der Waals surface area contributed by atoms with Crippen LogP contribution in [0.3, 0.4) is 0 Å². The van der Waals surface area contributed by atoms with E-state index in [0.29, 0.717) is 18.4 Å². The SMILES string of the molecule is NOC(=O)COCC1CCC(CO)CC1. The number of ether oxygens (including phenoxy) is 1. The van der Waals surface area contributed by atoms with Gasteiger partial charge in [0.05, 0.1) is 6.61 Å². The largest absolute Gasteiger partial charge is 0.396 e. The minimum absolute atomic E-state index is 0.0730. The van der Waals surface area contributed by atoms with E-state index in [1.165, 1.54) is 0 Å².